The summed E-state index contributed by atoms with van der Waals surface area (Å²) in [5, 5.41) is 2.78. The molecule has 1 amide bonds. The van der Waals surface area contributed by atoms with Crippen LogP contribution in [0.25, 0.3) is 0 Å². The molecule has 0 bridgehead atoms. The van der Waals surface area contributed by atoms with Crippen LogP contribution in [0.3, 0.4) is 0 Å². The zero-order valence-electron chi connectivity index (χ0n) is 8.34. The molecule has 3 N–H and O–H groups in total. The highest BCUT2D eigenvalue weighted by Gasteiger charge is 2.42. The standard InChI is InChI=1S/C9H16N2O2S/c1-2-11-8(12)9(7(10)14)3-5-13-6-4-9/h2-6H2,1H3,(H2,10,14)(H,11,12). The van der Waals surface area contributed by atoms with Gasteiger partial charge in [0.25, 0.3) is 0 Å². The Morgan fingerprint density at radius 1 is 1.57 bits per heavy atom. The van der Waals surface area contributed by atoms with E-state index in [9.17, 15) is 4.79 Å². The number of ether oxygens (including phenoxy) is 1. The summed E-state index contributed by atoms with van der Waals surface area (Å²) in [6, 6.07) is 0. The molecule has 4 nitrogen and oxygen atoms in total. The number of carbonyl (C=O) groups is 1. The van der Waals surface area contributed by atoms with Gasteiger partial charge in [-0.25, -0.2) is 0 Å². The van der Waals surface area contributed by atoms with Gasteiger partial charge in [-0.1, -0.05) is 12.2 Å². The van der Waals surface area contributed by atoms with Gasteiger partial charge in [0.15, 0.2) is 0 Å². The van der Waals surface area contributed by atoms with Crippen LogP contribution in [-0.2, 0) is 9.53 Å². The molecule has 80 valence electrons. The maximum Gasteiger partial charge on any atom is 0.233 e. The smallest absolute Gasteiger partial charge is 0.233 e. The van der Waals surface area contributed by atoms with Gasteiger partial charge in [-0.2, -0.15) is 0 Å². The van der Waals surface area contributed by atoms with Gasteiger partial charge >= 0.3 is 0 Å². The molecule has 0 aliphatic carbocycles. The van der Waals surface area contributed by atoms with Crippen molar-refractivity contribution in [3.05, 3.63) is 0 Å². The van der Waals surface area contributed by atoms with Crippen LogP contribution in [0, 0.1) is 5.41 Å². The summed E-state index contributed by atoms with van der Waals surface area (Å²) in [5.41, 5.74) is 4.97. The molecular weight excluding hydrogens is 200 g/mol. The van der Waals surface area contributed by atoms with Gasteiger partial charge in [0, 0.05) is 19.8 Å². The first-order valence-electron chi connectivity index (χ1n) is 4.79. The van der Waals surface area contributed by atoms with Gasteiger partial charge < -0.3 is 15.8 Å². The van der Waals surface area contributed by atoms with Crippen molar-refractivity contribution in [2.75, 3.05) is 19.8 Å². The van der Waals surface area contributed by atoms with Crippen molar-refractivity contribution in [2.24, 2.45) is 11.1 Å². The summed E-state index contributed by atoms with van der Waals surface area (Å²) in [6.45, 7) is 3.58. The summed E-state index contributed by atoms with van der Waals surface area (Å²) in [4.78, 5) is 12.1. The molecule has 0 atom stereocenters. The van der Waals surface area contributed by atoms with Crippen molar-refractivity contribution >= 4 is 23.1 Å². The first-order valence-corrected chi connectivity index (χ1v) is 5.20. The van der Waals surface area contributed by atoms with E-state index >= 15 is 0 Å². The summed E-state index contributed by atoms with van der Waals surface area (Å²) in [6.07, 6.45) is 1.18. The summed E-state index contributed by atoms with van der Waals surface area (Å²) >= 11 is 4.98. The molecule has 0 spiro atoms. The second kappa shape index (κ2) is 4.70. The number of thiocarbonyl (C=S) groups is 1. The molecule has 0 radical (unpaired) electrons. The molecule has 0 saturated carbocycles. The molecule has 5 heteroatoms. The lowest BCUT2D eigenvalue weighted by atomic mass is 9.79. The number of rotatable bonds is 3. The van der Waals surface area contributed by atoms with Gasteiger partial charge in [0.1, 0.15) is 5.41 Å². The minimum Gasteiger partial charge on any atom is -0.392 e. The van der Waals surface area contributed by atoms with E-state index in [0.717, 1.165) is 0 Å². The second-order valence-electron chi connectivity index (χ2n) is 3.42. The Balaban J connectivity index is 2.80. The molecular formula is C9H16N2O2S. The van der Waals surface area contributed by atoms with Gasteiger partial charge in [0.05, 0.1) is 4.99 Å². The van der Waals surface area contributed by atoms with Gasteiger partial charge in [0.2, 0.25) is 5.91 Å². The Bertz CT molecular complexity index is 237. The van der Waals surface area contributed by atoms with Crippen molar-refractivity contribution in [1.82, 2.24) is 5.32 Å². The van der Waals surface area contributed by atoms with E-state index in [1.165, 1.54) is 0 Å². The average molecular weight is 216 g/mol. The molecule has 1 aliphatic heterocycles. The summed E-state index contributed by atoms with van der Waals surface area (Å²) in [5.74, 6) is -0.0594. The van der Waals surface area contributed by atoms with E-state index < -0.39 is 5.41 Å². The first-order chi connectivity index (χ1) is 6.63. The van der Waals surface area contributed by atoms with Crippen LogP contribution in [-0.4, -0.2) is 30.7 Å². The lowest BCUT2D eigenvalue weighted by molar-refractivity contribution is -0.131. The zero-order chi connectivity index (χ0) is 10.6. The fraction of sp³-hybridized carbons (Fsp3) is 0.778. The highest BCUT2D eigenvalue weighted by Crippen LogP contribution is 2.31. The van der Waals surface area contributed by atoms with Crippen molar-refractivity contribution in [1.29, 1.82) is 0 Å². The normalized spacial score (nSPS) is 20.1. The van der Waals surface area contributed by atoms with Crippen molar-refractivity contribution < 1.29 is 9.53 Å². The molecule has 0 unspecified atom stereocenters. The Morgan fingerprint density at radius 3 is 2.57 bits per heavy atom. The third-order valence-electron chi connectivity index (χ3n) is 2.59. The maximum absolute atomic E-state index is 11.8. The molecule has 1 heterocycles. The molecule has 0 aromatic rings. The zero-order valence-corrected chi connectivity index (χ0v) is 9.15. The van der Waals surface area contributed by atoms with E-state index in [1.54, 1.807) is 0 Å². The summed E-state index contributed by atoms with van der Waals surface area (Å²) < 4.78 is 5.21. The van der Waals surface area contributed by atoms with Gasteiger partial charge in [-0.3, -0.25) is 4.79 Å². The van der Waals surface area contributed by atoms with E-state index in [2.05, 4.69) is 5.32 Å². The lowest BCUT2D eigenvalue weighted by Crippen LogP contribution is -2.51. The molecule has 1 rings (SSSR count). The fourth-order valence-corrected chi connectivity index (χ4v) is 1.93. The number of hydrogen-bond donors (Lipinski definition) is 2. The predicted octanol–water partition coefficient (Wildman–Crippen LogP) is 0.205. The molecule has 0 aromatic carbocycles. The van der Waals surface area contributed by atoms with Crippen molar-refractivity contribution in [3.63, 3.8) is 0 Å². The van der Waals surface area contributed by atoms with Crippen LogP contribution in [0.5, 0.6) is 0 Å². The maximum atomic E-state index is 11.8. The number of nitrogens with one attached hydrogen (secondary N) is 1. The van der Waals surface area contributed by atoms with Crippen molar-refractivity contribution in [3.8, 4) is 0 Å². The van der Waals surface area contributed by atoms with Crippen LogP contribution in [0.4, 0.5) is 0 Å². The third-order valence-corrected chi connectivity index (χ3v) is 2.98. The fourth-order valence-electron chi connectivity index (χ4n) is 1.63. The number of nitrogens with two attached hydrogens (primary N) is 1. The molecule has 1 saturated heterocycles. The molecule has 14 heavy (non-hydrogen) atoms. The highest BCUT2D eigenvalue weighted by atomic mass is 32.1. The number of hydrogen-bond acceptors (Lipinski definition) is 3. The van der Waals surface area contributed by atoms with Crippen LogP contribution >= 0.6 is 12.2 Å². The topological polar surface area (TPSA) is 64.4 Å². The predicted molar refractivity (Wildman–Crippen MR) is 58.0 cm³/mol. The minimum absolute atomic E-state index is 0.0594. The highest BCUT2D eigenvalue weighted by molar-refractivity contribution is 7.80. The average Bonchev–Trinajstić information content (AvgIpc) is 2.19. The van der Waals surface area contributed by atoms with Crippen LogP contribution < -0.4 is 11.1 Å². The second-order valence-corrected chi connectivity index (χ2v) is 3.86. The van der Waals surface area contributed by atoms with Crippen LogP contribution in [0.2, 0.25) is 0 Å². The van der Waals surface area contributed by atoms with Crippen LogP contribution in [0.15, 0.2) is 0 Å². The Hall–Kier alpha value is -0.680. The lowest BCUT2D eigenvalue weighted by Gasteiger charge is -2.34. The molecule has 0 aromatic heterocycles. The minimum atomic E-state index is -0.677. The Labute approximate surface area is 89.2 Å². The number of amides is 1. The molecule has 1 fully saturated rings. The largest absolute Gasteiger partial charge is 0.392 e. The van der Waals surface area contributed by atoms with Crippen molar-refractivity contribution in [2.45, 2.75) is 19.8 Å². The SMILES string of the molecule is CCNC(=O)C1(C(N)=S)CCOCC1. The Morgan fingerprint density at radius 2 is 2.14 bits per heavy atom. The van der Waals surface area contributed by atoms with Gasteiger partial charge in [-0.05, 0) is 19.8 Å². The number of carbonyl (C=O) groups excluding carboxylic acids is 1. The van der Waals surface area contributed by atoms with Crippen LogP contribution in [0.1, 0.15) is 19.8 Å². The monoisotopic (exact) mass is 216 g/mol. The quantitative estimate of drug-likeness (QED) is 0.662. The van der Waals surface area contributed by atoms with E-state index in [0.29, 0.717) is 32.6 Å². The van der Waals surface area contributed by atoms with E-state index in [-0.39, 0.29) is 10.9 Å². The first kappa shape index (κ1) is 11.4. The van der Waals surface area contributed by atoms with E-state index in [1.807, 2.05) is 6.92 Å². The van der Waals surface area contributed by atoms with Gasteiger partial charge in [-0.15, -0.1) is 0 Å². The summed E-state index contributed by atoms with van der Waals surface area (Å²) in [7, 11) is 0. The third kappa shape index (κ3) is 2.04. The molecule has 1 aliphatic rings. The Kier molecular flexibility index (Phi) is 3.83. The van der Waals surface area contributed by atoms with E-state index in [4.69, 9.17) is 22.7 Å².